The number of carbonyl (C=O) groups excluding carboxylic acids is 1. The first-order chi connectivity index (χ1) is 14.1. The molecule has 0 spiro atoms. The highest BCUT2D eigenvalue weighted by atomic mass is 32.2. The second-order valence-electron chi connectivity index (χ2n) is 6.71. The lowest BCUT2D eigenvalue weighted by Crippen LogP contribution is -2.27. The van der Waals surface area contributed by atoms with E-state index in [0.29, 0.717) is 12.3 Å². The van der Waals surface area contributed by atoms with Crippen molar-refractivity contribution in [3.63, 3.8) is 0 Å². The predicted molar refractivity (Wildman–Crippen MR) is 118 cm³/mol. The fourth-order valence-electron chi connectivity index (χ4n) is 2.85. The van der Waals surface area contributed by atoms with Crippen molar-refractivity contribution >= 4 is 29.0 Å². The van der Waals surface area contributed by atoms with Gasteiger partial charge in [0.1, 0.15) is 5.75 Å². The molecule has 1 aromatic carbocycles. The number of carbonyl (C=O) groups is 1. The summed E-state index contributed by atoms with van der Waals surface area (Å²) in [5, 5.41) is 13.7. The number of rotatable bonds is 10. The van der Waals surface area contributed by atoms with E-state index in [2.05, 4.69) is 27.1 Å². The average molecular weight is 431 g/mol. The number of nitrogens with zero attached hydrogens (tertiary/aromatic N) is 4. The molecule has 0 saturated heterocycles. The lowest BCUT2D eigenvalue weighted by Gasteiger charge is -2.16. The Balaban J connectivity index is 1.70. The SMILES string of the molecule is CCCCn1c(SCC(=O)N(C)Cc2ccsc2)nnc1-c1ccc(OC)cc1. The molecule has 6 nitrogen and oxygen atoms in total. The van der Waals surface area contributed by atoms with E-state index in [1.165, 1.54) is 11.8 Å². The van der Waals surface area contributed by atoms with E-state index in [9.17, 15) is 4.79 Å². The molecule has 2 aromatic heterocycles. The fourth-order valence-corrected chi connectivity index (χ4v) is 4.41. The van der Waals surface area contributed by atoms with E-state index < -0.39 is 0 Å². The molecule has 8 heteroatoms. The first kappa shape index (κ1) is 21.4. The van der Waals surface area contributed by atoms with Crippen LogP contribution in [0.3, 0.4) is 0 Å². The molecule has 1 amide bonds. The van der Waals surface area contributed by atoms with Crippen LogP contribution in [0.5, 0.6) is 5.75 Å². The van der Waals surface area contributed by atoms with E-state index in [4.69, 9.17) is 4.74 Å². The number of unbranched alkanes of at least 4 members (excludes halogenated alkanes) is 1. The van der Waals surface area contributed by atoms with Gasteiger partial charge in [-0.2, -0.15) is 11.3 Å². The topological polar surface area (TPSA) is 60.2 Å². The summed E-state index contributed by atoms with van der Waals surface area (Å²) in [6, 6.07) is 9.86. The summed E-state index contributed by atoms with van der Waals surface area (Å²) in [5.74, 6) is 2.05. The van der Waals surface area contributed by atoms with Crippen LogP contribution in [0.2, 0.25) is 0 Å². The van der Waals surface area contributed by atoms with E-state index in [1.54, 1.807) is 23.3 Å². The van der Waals surface area contributed by atoms with Crippen LogP contribution in [0.25, 0.3) is 11.4 Å². The molecule has 154 valence electrons. The zero-order valence-corrected chi connectivity index (χ0v) is 18.6. The Morgan fingerprint density at radius 2 is 2.03 bits per heavy atom. The molecule has 0 saturated carbocycles. The molecular formula is C21H26N4O2S2. The predicted octanol–water partition coefficient (Wildman–Crippen LogP) is 4.57. The molecular weight excluding hydrogens is 404 g/mol. The van der Waals surface area contributed by atoms with Crippen LogP contribution in [0, 0.1) is 0 Å². The number of benzene rings is 1. The Morgan fingerprint density at radius 3 is 2.69 bits per heavy atom. The molecule has 3 rings (SSSR count). The van der Waals surface area contributed by atoms with Crippen LogP contribution < -0.4 is 4.74 Å². The summed E-state index contributed by atoms with van der Waals surface area (Å²) in [5.41, 5.74) is 2.14. The molecule has 0 atom stereocenters. The molecule has 0 aliphatic carbocycles. The number of aromatic nitrogens is 3. The number of hydrogen-bond acceptors (Lipinski definition) is 6. The summed E-state index contributed by atoms with van der Waals surface area (Å²) in [6.45, 7) is 3.61. The maximum atomic E-state index is 12.6. The zero-order chi connectivity index (χ0) is 20.6. The number of amides is 1. The summed E-state index contributed by atoms with van der Waals surface area (Å²) in [4.78, 5) is 14.3. The number of thioether (sulfide) groups is 1. The van der Waals surface area contributed by atoms with E-state index in [1.807, 2.05) is 42.8 Å². The van der Waals surface area contributed by atoms with Gasteiger partial charge in [-0.15, -0.1) is 10.2 Å². The van der Waals surface area contributed by atoms with Crippen molar-refractivity contribution in [2.24, 2.45) is 0 Å². The minimum absolute atomic E-state index is 0.0808. The minimum atomic E-state index is 0.0808. The van der Waals surface area contributed by atoms with Gasteiger partial charge in [0.2, 0.25) is 5.91 Å². The van der Waals surface area contributed by atoms with Crippen molar-refractivity contribution in [2.45, 2.75) is 38.0 Å². The second kappa shape index (κ2) is 10.5. The summed E-state index contributed by atoms with van der Waals surface area (Å²) in [7, 11) is 3.49. The monoisotopic (exact) mass is 430 g/mol. The summed E-state index contributed by atoms with van der Waals surface area (Å²) in [6.07, 6.45) is 2.10. The Labute approximate surface area is 179 Å². The maximum Gasteiger partial charge on any atom is 0.233 e. The third-order valence-corrected chi connectivity index (χ3v) is 6.23. The van der Waals surface area contributed by atoms with Gasteiger partial charge in [0.15, 0.2) is 11.0 Å². The summed E-state index contributed by atoms with van der Waals surface area (Å²) < 4.78 is 7.35. The van der Waals surface area contributed by atoms with Gasteiger partial charge in [0, 0.05) is 25.7 Å². The van der Waals surface area contributed by atoms with Crippen LogP contribution in [0.1, 0.15) is 25.3 Å². The first-order valence-corrected chi connectivity index (χ1v) is 11.5. The van der Waals surface area contributed by atoms with Gasteiger partial charge in [-0.25, -0.2) is 0 Å². The van der Waals surface area contributed by atoms with Crippen molar-refractivity contribution in [1.82, 2.24) is 19.7 Å². The molecule has 3 aromatic rings. The smallest absolute Gasteiger partial charge is 0.233 e. The first-order valence-electron chi connectivity index (χ1n) is 9.57. The van der Waals surface area contributed by atoms with E-state index in [0.717, 1.165) is 47.2 Å². The summed E-state index contributed by atoms with van der Waals surface area (Å²) >= 11 is 3.09. The van der Waals surface area contributed by atoms with E-state index >= 15 is 0 Å². The van der Waals surface area contributed by atoms with Crippen molar-refractivity contribution in [3.8, 4) is 17.1 Å². The van der Waals surface area contributed by atoms with Gasteiger partial charge < -0.3 is 14.2 Å². The van der Waals surface area contributed by atoms with Gasteiger partial charge >= 0.3 is 0 Å². The van der Waals surface area contributed by atoms with Crippen LogP contribution >= 0.6 is 23.1 Å². The fraction of sp³-hybridized carbons (Fsp3) is 0.381. The number of hydrogen-bond donors (Lipinski definition) is 0. The van der Waals surface area contributed by atoms with Crippen molar-refractivity contribution < 1.29 is 9.53 Å². The van der Waals surface area contributed by atoms with Crippen LogP contribution in [-0.2, 0) is 17.9 Å². The molecule has 0 radical (unpaired) electrons. The van der Waals surface area contributed by atoms with Crippen LogP contribution in [0.4, 0.5) is 0 Å². The quantitative estimate of drug-likeness (QED) is 0.441. The van der Waals surface area contributed by atoms with Gasteiger partial charge in [-0.05, 0) is 53.1 Å². The van der Waals surface area contributed by atoms with Crippen LogP contribution in [0.15, 0.2) is 46.2 Å². The highest BCUT2D eigenvalue weighted by molar-refractivity contribution is 7.99. The number of ether oxygens (including phenoxy) is 1. The molecule has 0 unspecified atom stereocenters. The molecule has 0 N–H and O–H groups in total. The van der Waals surface area contributed by atoms with Crippen molar-refractivity contribution in [3.05, 3.63) is 46.7 Å². The Kier molecular flexibility index (Phi) is 7.71. The number of thiophene rings is 1. The minimum Gasteiger partial charge on any atom is -0.497 e. The Morgan fingerprint density at radius 1 is 1.24 bits per heavy atom. The van der Waals surface area contributed by atoms with Gasteiger partial charge in [-0.1, -0.05) is 25.1 Å². The Bertz CT molecular complexity index is 907. The van der Waals surface area contributed by atoms with Gasteiger partial charge in [-0.3, -0.25) is 4.79 Å². The lowest BCUT2D eigenvalue weighted by atomic mass is 10.2. The van der Waals surface area contributed by atoms with Crippen LogP contribution in [-0.4, -0.2) is 45.5 Å². The number of methoxy groups -OCH3 is 1. The largest absolute Gasteiger partial charge is 0.497 e. The molecule has 0 aliphatic rings. The highest BCUT2D eigenvalue weighted by Gasteiger charge is 2.17. The third-order valence-electron chi connectivity index (χ3n) is 4.55. The zero-order valence-electron chi connectivity index (χ0n) is 17.0. The molecule has 0 bridgehead atoms. The lowest BCUT2D eigenvalue weighted by molar-refractivity contribution is -0.127. The van der Waals surface area contributed by atoms with Crippen molar-refractivity contribution in [1.29, 1.82) is 0 Å². The maximum absolute atomic E-state index is 12.6. The molecule has 0 fully saturated rings. The average Bonchev–Trinajstić information content (AvgIpc) is 3.40. The van der Waals surface area contributed by atoms with E-state index in [-0.39, 0.29) is 5.91 Å². The molecule has 29 heavy (non-hydrogen) atoms. The van der Waals surface area contributed by atoms with Gasteiger partial charge in [0.25, 0.3) is 0 Å². The Hall–Kier alpha value is -2.32. The third kappa shape index (κ3) is 5.61. The molecule has 2 heterocycles. The van der Waals surface area contributed by atoms with Crippen molar-refractivity contribution in [2.75, 3.05) is 19.9 Å². The highest BCUT2D eigenvalue weighted by Crippen LogP contribution is 2.26. The normalized spacial score (nSPS) is 10.9. The molecule has 0 aliphatic heterocycles. The standard InChI is InChI=1S/C21H26N4O2S2/c1-4-5-11-25-20(17-6-8-18(27-3)9-7-17)22-23-21(25)29-15-19(26)24(2)13-16-10-12-28-14-16/h6-10,12,14H,4-5,11,13,15H2,1-3H3. The second-order valence-corrected chi connectivity index (χ2v) is 8.43. The van der Waals surface area contributed by atoms with Gasteiger partial charge in [0.05, 0.1) is 12.9 Å².